The van der Waals surface area contributed by atoms with E-state index in [-0.39, 0.29) is 18.4 Å². The Balaban J connectivity index is 1.84. The van der Waals surface area contributed by atoms with Gasteiger partial charge in [0, 0.05) is 18.5 Å². The van der Waals surface area contributed by atoms with E-state index >= 15 is 0 Å². The van der Waals surface area contributed by atoms with Crippen LogP contribution in [0.1, 0.15) is 35.6 Å². The van der Waals surface area contributed by atoms with Crippen LogP contribution in [-0.2, 0) is 11.3 Å². The smallest absolute Gasteiger partial charge is 0.318 e. The van der Waals surface area contributed by atoms with E-state index in [4.69, 9.17) is 5.73 Å². The van der Waals surface area contributed by atoms with E-state index in [1.807, 2.05) is 41.8 Å². The van der Waals surface area contributed by atoms with E-state index in [2.05, 4.69) is 15.6 Å². The molecule has 0 radical (unpaired) electrons. The number of aryl methyl sites for hydroxylation is 1. The molecule has 0 saturated heterocycles. The average Bonchev–Trinajstić information content (AvgIpc) is 3.05. The normalized spacial score (nSPS) is 11.8. The van der Waals surface area contributed by atoms with Crippen molar-refractivity contribution in [2.45, 2.75) is 25.9 Å². The van der Waals surface area contributed by atoms with Crippen LogP contribution in [0, 0.1) is 0 Å². The first-order valence-corrected chi connectivity index (χ1v) is 8.86. The van der Waals surface area contributed by atoms with E-state index in [1.165, 1.54) is 0 Å². The largest absolute Gasteiger partial charge is 0.351 e. The van der Waals surface area contributed by atoms with Gasteiger partial charge < -0.3 is 15.6 Å². The molecule has 8 heteroatoms. The number of amides is 4. The van der Waals surface area contributed by atoms with Gasteiger partial charge >= 0.3 is 6.03 Å². The van der Waals surface area contributed by atoms with E-state index < -0.39 is 11.9 Å². The minimum atomic E-state index is -0.885. The second kappa shape index (κ2) is 8.34. The minimum absolute atomic E-state index is 0.0512. The topological polar surface area (TPSA) is 119 Å². The van der Waals surface area contributed by atoms with Crippen molar-refractivity contribution in [3.63, 3.8) is 0 Å². The van der Waals surface area contributed by atoms with Crippen molar-refractivity contribution < 1.29 is 14.4 Å². The standard InChI is InChI=1S/C20H21N5O3/c1-13(22-19(27)14-7-3-2-4-8-14)18-23-15-9-5-6-10-16(15)25(18)12-11-17(26)24-20(21)28/h2-10,13H,11-12H2,1H3,(H,22,27)(H3,21,24,26,28)/t13-/m0/s1. The second-order valence-electron chi connectivity index (χ2n) is 6.33. The molecule has 4 N–H and O–H groups in total. The van der Waals surface area contributed by atoms with Crippen LogP contribution in [0.15, 0.2) is 54.6 Å². The lowest BCUT2D eigenvalue weighted by Crippen LogP contribution is -2.35. The number of imidazole rings is 1. The third-order valence-corrected chi connectivity index (χ3v) is 4.28. The molecule has 144 valence electrons. The van der Waals surface area contributed by atoms with Crippen molar-refractivity contribution in [3.05, 3.63) is 66.0 Å². The molecule has 28 heavy (non-hydrogen) atoms. The van der Waals surface area contributed by atoms with Gasteiger partial charge in [-0.05, 0) is 31.2 Å². The van der Waals surface area contributed by atoms with Gasteiger partial charge in [0.2, 0.25) is 5.91 Å². The van der Waals surface area contributed by atoms with Gasteiger partial charge in [0.25, 0.3) is 5.91 Å². The Hall–Kier alpha value is -3.68. The number of nitrogens with zero attached hydrogens (tertiary/aromatic N) is 2. The highest BCUT2D eigenvalue weighted by Crippen LogP contribution is 2.21. The zero-order valence-electron chi connectivity index (χ0n) is 15.4. The first kappa shape index (κ1) is 19.1. The summed E-state index contributed by atoms with van der Waals surface area (Å²) in [7, 11) is 0. The Bertz CT molecular complexity index is 1010. The third kappa shape index (κ3) is 4.35. The highest BCUT2D eigenvalue weighted by Gasteiger charge is 2.19. The Labute approximate surface area is 161 Å². The lowest BCUT2D eigenvalue weighted by Gasteiger charge is -2.16. The molecule has 3 aromatic rings. The van der Waals surface area contributed by atoms with Crippen LogP contribution >= 0.6 is 0 Å². The number of imide groups is 1. The number of carbonyl (C=O) groups is 3. The zero-order chi connectivity index (χ0) is 20.1. The molecule has 1 atom stereocenters. The number of nitrogens with two attached hydrogens (primary N) is 1. The van der Waals surface area contributed by atoms with E-state index in [0.29, 0.717) is 17.9 Å². The highest BCUT2D eigenvalue weighted by molar-refractivity contribution is 5.94. The lowest BCUT2D eigenvalue weighted by atomic mass is 10.2. The minimum Gasteiger partial charge on any atom is -0.351 e. The molecule has 1 heterocycles. The number of rotatable bonds is 6. The molecule has 0 bridgehead atoms. The van der Waals surface area contributed by atoms with Crippen molar-refractivity contribution in [2.24, 2.45) is 5.73 Å². The monoisotopic (exact) mass is 379 g/mol. The van der Waals surface area contributed by atoms with Crippen LogP contribution in [0.4, 0.5) is 4.79 Å². The zero-order valence-corrected chi connectivity index (χ0v) is 15.4. The fourth-order valence-corrected chi connectivity index (χ4v) is 3.01. The number of primary amides is 1. The molecule has 4 amide bonds. The summed E-state index contributed by atoms with van der Waals surface area (Å²) in [4.78, 5) is 39.8. The molecule has 0 fully saturated rings. The van der Waals surface area contributed by atoms with Gasteiger partial charge in [-0.25, -0.2) is 9.78 Å². The van der Waals surface area contributed by atoms with Crippen molar-refractivity contribution in [1.82, 2.24) is 20.2 Å². The number of hydrogen-bond donors (Lipinski definition) is 3. The molecule has 8 nitrogen and oxygen atoms in total. The Morgan fingerprint density at radius 3 is 2.46 bits per heavy atom. The molecule has 0 spiro atoms. The fraction of sp³-hybridized carbons (Fsp3) is 0.200. The Kier molecular flexibility index (Phi) is 5.69. The third-order valence-electron chi connectivity index (χ3n) is 4.28. The predicted molar refractivity (Wildman–Crippen MR) is 104 cm³/mol. The van der Waals surface area contributed by atoms with E-state index in [9.17, 15) is 14.4 Å². The number of urea groups is 1. The number of nitrogens with one attached hydrogen (secondary N) is 2. The summed E-state index contributed by atoms with van der Waals surface area (Å²) in [6, 6.07) is 15.1. The SMILES string of the molecule is C[C@H](NC(=O)c1ccccc1)c1nc2ccccc2n1CCC(=O)NC(N)=O. The number of para-hydroxylation sites is 2. The second-order valence-corrected chi connectivity index (χ2v) is 6.33. The molecule has 0 aliphatic heterocycles. The van der Waals surface area contributed by atoms with Gasteiger partial charge in [0.1, 0.15) is 5.82 Å². The van der Waals surface area contributed by atoms with E-state index in [1.54, 1.807) is 24.3 Å². The van der Waals surface area contributed by atoms with Crippen molar-refractivity contribution >= 4 is 28.9 Å². The number of aromatic nitrogens is 2. The van der Waals surface area contributed by atoms with Crippen LogP contribution in [0.25, 0.3) is 11.0 Å². The highest BCUT2D eigenvalue weighted by atomic mass is 16.2. The predicted octanol–water partition coefficient (Wildman–Crippen LogP) is 2.11. The van der Waals surface area contributed by atoms with Gasteiger partial charge in [-0.3, -0.25) is 14.9 Å². The summed E-state index contributed by atoms with van der Waals surface area (Å²) in [5.41, 5.74) is 7.13. The van der Waals surface area contributed by atoms with Crippen LogP contribution in [0.2, 0.25) is 0 Å². The Morgan fingerprint density at radius 1 is 1.07 bits per heavy atom. The van der Waals surface area contributed by atoms with Crippen LogP contribution in [0.3, 0.4) is 0 Å². The van der Waals surface area contributed by atoms with Crippen LogP contribution in [-0.4, -0.2) is 27.4 Å². The van der Waals surface area contributed by atoms with Crippen LogP contribution in [0.5, 0.6) is 0 Å². The number of carbonyl (C=O) groups excluding carboxylic acids is 3. The van der Waals surface area contributed by atoms with Crippen LogP contribution < -0.4 is 16.4 Å². The average molecular weight is 379 g/mol. The number of fused-ring (bicyclic) bond motifs is 1. The summed E-state index contributed by atoms with van der Waals surface area (Å²) in [5.74, 6) is -0.0623. The first-order valence-electron chi connectivity index (χ1n) is 8.86. The number of hydrogen-bond acceptors (Lipinski definition) is 4. The summed E-state index contributed by atoms with van der Waals surface area (Å²) < 4.78 is 1.87. The molecule has 1 aromatic heterocycles. The molecule has 0 aliphatic rings. The van der Waals surface area contributed by atoms with Gasteiger partial charge in [-0.15, -0.1) is 0 Å². The quantitative estimate of drug-likeness (QED) is 0.608. The van der Waals surface area contributed by atoms with Gasteiger partial charge in [0.05, 0.1) is 17.1 Å². The van der Waals surface area contributed by atoms with Crippen molar-refractivity contribution in [3.8, 4) is 0 Å². The van der Waals surface area contributed by atoms with E-state index in [0.717, 1.165) is 11.0 Å². The van der Waals surface area contributed by atoms with Crippen molar-refractivity contribution in [1.29, 1.82) is 0 Å². The summed E-state index contributed by atoms with van der Waals surface area (Å²) in [6.07, 6.45) is 0.0512. The molecule has 0 unspecified atom stereocenters. The summed E-state index contributed by atoms with van der Waals surface area (Å²) in [6.45, 7) is 2.13. The van der Waals surface area contributed by atoms with Gasteiger partial charge in [-0.2, -0.15) is 0 Å². The maximum atomic E-state index is 12.5. The molecule has 0 saturated carbocycles. The molecular weight excluding hydrogens is 358 g/mol. The first-order chi connectivity index (χ1) is 13.5. The van der Waals surface area contributed by atoms with Gasteiger partial charge in [-0.1, -0.05) is 30.3 Å². The molecule has 3 rings (SSSR count). The lowest BCUT2D eigenvalue weighted by molar-refractivity contribution is -0.120. The fourth-order valence-electron chi connectivity index (χ4n) is 3.01. The molecule has 2 aromatic carbocycles. The van der Waals surface area contributed by atoms with Crippen molar-refractivity contribution in [2.75, 3.05) is 0 Å². The summed E-state index contributed by atoms with van der Waals surface area (Å²) in [5, 5.41) is 4.99. The maximum Gasteiger partial charge on any atom is 0.318 e. The Morgan fingerprint density at radius 2 is 1.75 bits per heavy atom. The molecule has 0 aliphatic carbocycles. The maximum absolute atomic E-state index is 12.5. The number of benzene rings is 2. The summed E-state index contributed by atoms with van der Waals surface area (Å²) >= 11 is 0. The van der Waals surface area contributed by atoms with Gasteiger partial charge in [0.15, 0.2) is 0 Å². The molecular formula is C20H21N5O3.